The van der Waals surface area contributed by atoms with Crippen molar-refractivity contribution < 1.29 is 13.9 Å². The Hall–Kier alpha value is -2.28. The molecule has 0 radical (unpaired) electrons. The molecule has 1 fully saturated rings. The average molecular weight is 290 g/mol. The fourth-order valence-corrected chi connectivity index (χ4v) is 2.29. The molecule has 1 amide bonds. The van der Waals surface area contributed by atoms with E-state index in [1.165, 1.54) is 12.1 Å². The largest absolute Gasteiger partial charge is 0.376 e. The van der Waals surface area contributed by atoms with Crippen LogP contribution in [0.4, 0.5) is 4.39 Å². The summed E-state index contributed by atoms with van der Waals surface area (Å²) in [5.41, 5.74) is 1.23. The average Bonchev–Trinajstić information content (AvgIpc) is 3.17. The number of aromatic nitrogens is 3. The van der Waals surface area contributed by atoms with Gasteiger partial charge in [0.25, 0.3) is 5.91 Å². The van der Waals surface area contributed by atoms with Crippen LogP contribution >= 0.6 is 0 Å². The lowest BCUT2D eigenvalue weighted by atomic mass is 10.1. The quantitative estimate of drug-likeness (QED) is 0.894. The van der Waals surface area contributed by atoms with Crippen molar-refractivity contribution in [1.29, 1.82) is 0 Å². The first-order valence-corrected chi connectivity index (χ1v) is 6.80. The second kappa shape index (κ2) is 6.01. The number of nitrogens with zero attached hydrogens (tertiary/aromatic N) is 2. The molecule has 1 aromatic carbocycles. The Morgan fingerprint density at radius 3 is 2.90 bits per heavy atom. The van der Waals surface area contributed by atoms with Gasteiger partial charge in [0.15, 0.2) is 5.69 Å². The minimum atomic E-state index is -0.341. The van der Waals surface area contributed by atoms with E-state index >= 15 is 0 Å². The van der Waals surface area contributed by atoms with Crippen molar-refractivity contribution in [2.75, 3.05) is 13.2 Å². The van der Waals surface area contributed by atoms with Gasteiger partial charge in [0.05, 0.1) is 6.10 Å². The molecule has 1 saturated heterocycles. The van der Waals surface area contributed by atoms with Crippen LogP contribution in [0.25, 0.3) is 11.3 Å². The molecule has 1 aromatic heterocycles. The maximum atomic E-state index is 12.9. The third kappa shape index (κ3) is 3.08. The van der Waals surface area contributed by atoms with Crippen molar-refractivity contribution in [3.63, 3.8) is 0 Å². The first kappa shape index (κ1) is 13.7. The first-order chi connectivity index (χ1) is 10.2. The van der Waals surface area contributed by atoms with E-state index in [0.29, 0.717) is 17.8 Å². The third-order valence-electron chi connectivity index (χ3n) is 3.39. The summed E-state index contributed by atoms with van der Waals surface area (Å²) in [6.45, 7) is 1.19. The molecular weight excluding hydrogens is 275 g/mol. The van der Waals surface area contributed by atoms with Gasteiger partial charge < -0.3 is 10.1 Å². The SMILES string of the molecule is O=C(NC[C@H]1CCCO1)c1n[nH]nc1-c1ccc(F)cc1. The molecule has 7 heteroatoms. The number of carbonyl (C=O) groups excluding carboxylic acids is 1. The van der Waals surface area contributed by atoms with Gasteiger partial charge in [-0.1, -0.05) is 0 Å². The van der Waals surface area contributed by atoms with Gasteiger partial charge >= 0.3 is 0 Å². The predicted molar refractivity (Wildman–Crippen MR) is 73.1 cm³/mol. The standard InChI is InChI=1S/C14H15FN4O2/c15-10-5-3-9(4-6-10)12-13(18-19-17-12)14(20)16-8-11-2-1-7-21-11/h3-6,11H,1-2,7-8H2,(H,16,20)(H,17,18,19)/t11-/m1/s1. The summed E-state index contributed by atoms with van der Waals surface area (Å²) in [4.78, 5) is 12.2. The molecule has 1 atom stereocenters. The minimum absolute atomic E-state index is 0.0649. The van der Waals surface area contributed by atoms with E-state index in [0.717, 1.165) is 19.4 Å². The normalized spacial score (nSPS) is 17.9. The zero-order valence-electron chi connectivity index (χ0n) is 11.3. The Morgan fingerprint density at radius 2 is 2.19 bits per heavy atom. The third-order valence-corrected chi connectivity index (χ3v) is 3.39. The molecular formula is C14H15FN4O2. The number of nitrogens with one attached hydrogen (secondary N) is 2. The Morgan fingerprint density at radius 1 is 1.38 bits per heavy atom. The maximum absolute atomic E-state index is 12.9. The van der Waals surface area contributed by atoms with Gasteiger partial charge in [0.1, 0.15) is 11.5 Å². The lowest BCUT2D eigenvalue weighted by Crippen LogP contribution is -2.32. The maximum Gasteiger partial charge on any atom is 0.274 e. The monoisotopic (exact) mass is 290 g/mol. The van der Waals surface area contributed by atoms with Crippen molar-refractivity contribution in [1.82, 2.24) is 20.7 Å². The molecule has 110 valence electrons. The van der Waals surface area contributed by atoms with Gasteiger partial charge in [0, 0.05) is 18.7 Å². The highest BCUT2D eigenvalue weighted by Gasteiger charge is 2.21. The number of benzene rings is 1. The van der Waals surface area contributed by atoms with Gasteiger partial charge in [-0.15, -0.1) is 0 Å². The second-order valence-corrected chi connectivity index (χ2v) is 4.87. The van der Waals surface area contributed by atoms with E-state index in [-0.39, 0.29) is 23.5 Å². The number of aromatic amines is 1. The number of hydrogen-bond acceptors (Lipinski definition) is 4. The fraction of sp³-hybridized carbons (Fsp3) is 0.357. The molecule has 2 heterocycles. The van der Waals surface area contributed by atoms with Crippen LogP contribution in [0.5, 0.6) is 0 Å². The summed E-state index contributed by atoms with van der Waals surface area (Å²) in [6.07, 6.45) is 2.03. The molecule has 21 heavy (non-hydrogen) atoms. The van der Waals surface area contributed by atoms with Crippen LogP contribution in [0, 0.1) is 5.82 Å². The number of amides is 1. The summed E-state index contributed by atoms with van der Waals surface area (Å²) >= 11 is 0. The predicted octanol–water partition coefficient (Wildman–Crippen LogP) is 1.52. The van der Waals surface area contributed by atoms with E-state index in [1.807, 2.05) is 0 Å². The van der Waals surface area contributed by atoms with E-state index < -0.39 is 0 Å². The summed E-state index contributed by atoms with van der Waals surface area (Å²) in [6, 6.07) is 5.75. The lowest BCUT2D eigenvalue weighted by Gasteiger charge is -2.10. The van der Waals surface area contributed by atoms with Crippen molar-refractivity contribution in [2.24, 2.45) is 0 Å². The van der Waals surface area contributed by atoms with Gasteiger partial charge in [0.2, 0.25) is 0 Å². The van der Waals surface area contributed by atoms with Gasteiger partial charge in [-0.3, -0.25) is 4.79 Å². The molecule has 1 aliphatic heterocycles. The van der Waals surface area contributed by atoms with Crippen molar-refractivity contribution >= 4 is 5.91 Å². The molecule has 1 aliphatic rings. The number of halogens is 1. The van der Waals surface area contributed by atoms with Crippen molar-refractivity contribution in [2.45, 2.75) is 18.9 Å². The van der Waals surface area contributed by atoms with E-state index in [9.17, 15) is 9.18 Å². The number of hydrogen-bond donors (Lipinski definition) is 2. The van der Waals surface area contributed by atoms with E-state index in [2.05, 4.69) is 20.7 Å². The molecule has 0 unspecified atom stereocenters. The summed E-state index contributed by atoms with van der Waals surface area (Å²) < 4.78 is 18.4. The molecule has 0 saturated carbocycles. The van der Waals surface area contributed by atoms with Gasteiger partial charge in [-0.2, -0.15) is 15.4 Å². The lowest BCUT2D eigenvalue weighted by molar-refractivity contribution is 0.0854. The summed E-state index contributed by atoms with van der Waals surface area (Å²) in [5, 5.41) is 13.1. The zero-order chi connectivity index (χ0) is 14.7. The second-order valence-electron chi connectivity index (χ2n) is 4.87. The molecule has 2 aromatic rings. The summed E-state index contributed by atoms with van der Waals surface area (Å²) in [5.74, 6) is -0.662. The first-order valence-electron chi connectivity index (χ1n) is 6.80. The zero-order valence-corrected chi connectivity index (χ0v) is 11.3. The van der Waals surface area contributed by atoms with Crippen molar-refractivity contribution in [3.05, 3.63) is 35.8 Å². The van der Waals surface area contributed by atoms with Crippen LogP contribution in [0.2, 0.25) is 0 Å². The molecule has 3 rings (SSSR count). The Balaban J connectivity index is 1.72. The molecule has 6 nitrogen and oxygen atoms in total. The Labute approximate surface area is 120 Å². The van der Waals surface area contributed by atoms with Crippen LogP contribution in [-0.4, -0.2) is 40.6 Å². The number of H-pyrrole nitrogens is 1. The fourth-order valence-electron chi connectivity index (χ4n) is 2.29. The van der Waals surface area contributed by atoms with Gasteiger partial charge in [-0.25, -0.2) is 4.39 Å². The van der Waals surface area contributed by atoms with Crippen molar-refractivity contribution in [3.8, 4) is 11.3 Å². The van der Waals surface area contributed by atoms with E-state index in [4.69, 9.17) is 4.74 Å². The highest BCUT2D eigenvalue weighted by Crippen LogP contribution is 2.20. The number of rotatable bonds is 4. The highest BCUT2D eigenvalue weighted by atomic mass is 19.1. The Kier molecular flexibility index (Phi) is 3.92. The smallest absolute Gasteiger partial charge is 0.274 e. The topological polar surface area (TPSA) is 79.9 Å². The molecule has 0 aliphatic carbocycles. The van der Waals surface area contributed by atoms with Crippen LogP contribution in [0.3, 0.4) is 0 Å². The molecule has 2 N–H and O–H groups in total. The van der Waals surface area contributed by atoms with E-state index in [1.54, 1.807) is 12.1 Å². The number of ether oxygens (including phenoxy) is 1. The molecule has 0 bridgehead atoms. The van der Waals surface area contributed by atoms with Gasteiger partial charge in [-0.05, 0) is 37.1 Å². The van der Waals surface area contributed by atoms with Crippen LogP contribution in [0.15, 0.2) is 24.3 Å². The number of carbonyl (C=O) groups is 1. The Bertz CT molecular complexity index is 620. The minimum Gasteiger partial charge on any atom is -0.376 e. The molecule has 0 spiro atoms. The summed E-state index contributed by atoms with van der Waals surface area (Å²) in [7, 11) is 0. The van der Waals surface area contributed by atoms with Crippen LogP contribution < -0.4 is 5.32 Å². The highest BCUT2D eigenvalue weighted by molar-refractivity contribution is 5.97. The van der Waals surface area contributed by atoms with Crippen LogP contribution in [0.1, 0.15) is 23.3 Å². The van der Waals surface area contributed by atoms with Crippen LogP contribution in [-0.2, 0) is 4.74 Å².